The van der Waals surface area contributed by atoms with Gasteiger partial charge in [-0.2, -0.15) is 0 Å². The maximum absolute atomic E-state index is 13.9. The monoisotopic (exact) mass is 615 g/mol. The summed E-state index contributed by atoms with van der Waals surface area (Å²) in [6, 6.07) is 37.9. The van der Waals surface area contributed by atoms with Crippen molar-refractivity contribution in [3.8, 4) is 11.1 Å². The molecule has 2 N–H and O–H groups in total. The molecule has 5 aromatic rings. The Morgan fingerprint density at radius 2 is 1.33 bits per heavy atom. The molecule has 0 aromatic heterocycles. The summed E-state index contributed by atoms with van der Waals surface area (Å²) >= 11 is 0. The molecular formula is C37H33N3O4S. The number of rotatable bonds is 7. The van der Waals surface area contributed by atoms with E-state index in [1.165, 1.54) is 6.07 Å². The molecule has 226 valence electrons. The fraction of sp³-hybridized carbons (Fsp3) is 0.135. The largest absolute Gasteiger partial charge is 0.331 e. The first-order valence-electron chi connectivity index (χ1n) is 14.8. The quantitative estimate of drug-likeness (QED) is 0.205. The molecule has 0 bridgehead atoms. The van der Waals surface area contributed by atoms with Crippen molar-refractivity contribution in [2.75, 3.05) is 4.90 Å². The van der Waals surface area contributed by atoms with Crippen molar-refractivity contribution < 1.29 is 18.0 Å². The summed E-state index contributed by atoms with van der Waals surface area (Å²) in [4.78, 5) is 28.4. The van der Waals surface area contributed by atoms with Crippen LogP contribution in [0.2, 0.25) is 0 Å². The lowest BCUT2D eigenvalue weighted by Crippen LogP contribution is -2.40. The lowest BCUT2D eigenvalue weighted by atomic mass is 9.94. The molecule has 0 spiro atoms. The van der Waals surface area contributed by atoms with Crippen molar-refractivity contribution in [1.29, 1.82) is 0 Å². The van der Waals surface area contributed by atoms with E-state index in [2.05, 4.69) is 16.1 Å². The standard InChI is InChI=1S/C37H33N3O4S/c1-26(28-11-3-2-4-12-28)38-37(42)39-45(43,44)35-18-10-8-15-32(35)30-21-19-27(20-22-30)25-40-34-17-9-6-14-31(34)24-23-29-13-5-7-16-33(29)36(40)41/h2-22,26H,23-25H2,1H3,(H2,38,39,42). The molecule has 6 rings (SSSR count). The molecule has 1 aliphatic rings. The first-order valence-corrected chi connectivity index (χ1v) is 16.3. The number of para-hydroxylation sites is 1. The van der Waals surface area contributed by atoms with Crippen molar-refractivity contribution in [2.45, 2.75) is 37.2 Å². The van der Waals surface area contributed by atoms with Crippen LogP contribution in [0.3, 0.4) is 0 Å². The molecule has 1 aliphatic heterocycles. The summed E-state index contributed by atoms with van der Waals surface area (Å²) in [5.41, 5.74) is 6.63. The van der Waals surface area contributed by atoms with Crippen LogP contribution in [-0.2, 0) is 29.4 Å². The van der Waals surface area contributed by atoms with Gasteiger partial charge < -0.3 is 10.2 Å². The Kier molecular flexibility index (Phi) is 8.49. The van der Waals surface area contributed by atoms with Gasteiger partial charge in [0.1, 0.15) is 0 Å². The number of anilines is 1. The number of nitrogens with zero attached hydrogens (tertiary/aromatic N) is 1. The lowest BCUT2D eigenvalue weighted by Gasteiger charge is -2.28. The molecule has 3 amide bonds. The van der Waals surface area contributed by atoms with Crippen molar-refractivity contribution in [3.63, 3.8) is 0 Å². The highest BCUT2D eigenvalue weighted by molar-refractivity contribution is 7.90. The van der Waals surface area contributed by atoms with E-state index in [1.807, 2.05) is 102 Å². The van der Waals surface area contributed by atoms with E-state index >= 15 is 0 Å². The molecule has 5 aromatic carbocycles. The molecule has 1 heterocycles. The summed E-state index contributed by atoms with van der Waals surface area (Å²) in [6.07, 6.45) is 1.63. The number of nitrogens with one attached hydrogen (secondary N) is 2. The molecule has 0 radical (unpaired) electrons. The van der Waals surface area contributed by atoms with Gasteiger partial charge in [-0.15, -0.1) is 0 Å². The zero-order valence-corrected chi connectivity index (χ0v) is 25.6. The Hall–Kier alpha value is -5.21. The average Bonchev–Trinajstić information content (AvgIpc) is 3.06. The maximum atomic E-state index is 13.9. The van der Waals surface area contributed by atoms with Crippen LogP contribution in [-0.4, -0.2) is 20.4 Å². The zero-order valence-electron chi connectivity index (χ0n) is 24.8. The molecular weight excluding hydrogens is 582 g/mol. The van der Waals surface area contributed by atoms with E-state index in [4.69, 9.17) is 0 Å². The third-order valence-corrected chi connectivity index (χ3v) is 9.48. The van der Waals surface area contributed by atoms with E-state index in [9.17, 15) is 18.0 Å². The first kappa shape index (κ1) is 29.8. The fourth-order valence-corrected chi connectivity index (χ4v) is 6.90. The summed E-state index contributed by atoms with van der Waals surface area (Å²) in [5.74, 6) is -0.0517. The number of benzene rings is 5. The van der Waals surface area contributed by atoms with Crippen LogP contribution < -0.4 is 14.9 Å². The topological polar surface area (TPSA) is 95.6 Å². The normalized spacial score (nSPS) is 13.5. The van der Waals surface area contributed by atoms with E-state index in [0.717, 1.165) is 40.8 Å². The summed E-state index contributed by atoms with van der Waals surface area (Å²) in [5, 5.41) is 2.69. The highest BCUT2D eigenvalue weighted by atomic mass is 32.2. The van der Waals surface area contributed by atoms with Gasteiger partial charge in [-0.05, 0) is 65.8 Å². The van der Waals surface area contributed by atoms with Crippen LogP contribution in [0.4, 0.5) is 10.5 Å². The predicted molar refractivity (Wildman–Crippen MR) is 176 cm³/mol. The van der Waals surface area contributed by atoms with Crippen LogP contribution in [0.15, 0.2) is 132 Å². The minimum atomic E-state index is -4.19. The second kappa shape index (κ2) is 12.8. The summed E-state index contributed by atoms with van der Waals surface area (Å²) in [7, 11) is -4.19. The molecule has 1 atom stereocenters. The van der Waals surface area contributed by atoms with Gasteiger partial charge >= 0.3 is 6.03 Å². The number of fused-ring (bicyclic) bond motifs is 2. The van der Waals surface area contributed by atoms with Crippen LogP contribution in [0.1, 0.15) is 45.6 Å². The molecule has 0 saturated heterocycles. The number of amides is 3. The summed E-state index contributed by atoms with van der Waals surface area (Å²) in [6.45, 7) is 2.14. The number of carbonyl (C=O) groups is 2. The predicted octanol–water partition coefficient (Wildman–Crippen LogP) is 7.05. The number of aryl methyl sites for hydroxylation is 2. The van der Waals surface area contributed by atoms with Crippen molar-refractivity contribution in [1.82, 2.24) is 10.0 Å². The summed E-state index contributed by atoms with van der Waals surface area (Å²) < 4.78 is 28.9. The van der Waals surface area contributed by atoms with Gasteiger partial charge in [-0.3, -0.25) is 4.79 Å². The highest BCUT2D eigenvalue weighted by Gasteiger charge is 2.26. The van der Waals surface area contributed by atoms with Gasteiger partial charge in [-0.1, -0.05) is 109 Å². The van der Waals surface area contributed by atoms with E-state index < -0.39 is 16.1 Å². The molecule has 7 nitrogen and oxygen atoms in total. The third-order valence-electron chi connectivity index (χ3n) is 8.10. The SMILES string of the molecule is CC(NC(=O)NS(=O)(=O)c1ccccc1-c1ccc(CN2C(=O)c3ccccc3CCc3ccccc32)cc1)c1ccccc1. The highest BCUT2D eigenvalue weighted by Crippen LogP contribution is 2.31. The van der Waals surface area contributed by atoms with E-state index in [1.54, 1.807) is 25.1 Å². The minimum Gasteiger partial charge on any atom is -0.331 e. The van der Waals surface area contributed by atoms with Crippen LogP contribution >= 0.6 is 0 Å². The van der Waals surface area contributed by atoms with Gasteiger partial charge in [0.15, 0.2) is 0 Å². The van der Waals surface area contributed by atoms with Gasteiger partial charge in [-0.25, -0.2) is 17.9 Å². The van der Waals surface area contributed by atoms with Gasteiger partial charge in [0.2, 0.25) is 0 Å². The van der Waals surface area contributed by atoms with Crippen molar-refractivity contribution in [3.05, 3.63) is 155 Å². The Morgan fingerprint density at radius 3 is 2.09 bits per heavy atom. The Labute approximate surface area is 263 Å². The molecule has 8 heteroatoms. The van der Waals surface area contributed by atoms with Gasteiger partial charge in [0.05, 0.1) is 17.5 Å². The van der Waals surface area contributed by atoms with Crippen molar-refractivity contribution in [2.24, 2.45) is 0 Å². The van der Waals surface area contributed by atoms with Gasteiger partial charge in [0, 0.05) is 16.8 Å². The number of urea groups is 1. The molecule has 0 saturated carbocycles. The van der Waals surface area contributed by atoms with E-state index in [0.29, 0.717) is 23.2 Å². The smallest absolute Gasteiger partial charge is 0.329 e. The number of carbonyl (C=O) groups excluding carboxylic acids is 2. The van der Waals surface area contributed by atoms with E-state index in [-0.39, 0.29) is 16.8 Å². The maximum Gasteiger partial charge on any atom is 0.329 e. The third kappa shape index (κ3) is 6.51. The second-order valence-electron chi connectivity index (χ2n) is 11.1. The lowest BCUT2D eigenvalue weighted by molar-refractivity contribution is 0.0983. The van der Waals surface area contributed by atoms with Crippen LogP contribution in [0.5, 0.6) is 0 Å². The fourth-order valence-electron chi connectivity index (χ4n) is 5.75. The first-order chi connectivity index (χ1) is 21.8. The number of sulfonamides is 1. The van der Waals surface area contributed by atoms with Crippen molar-refractivity contribution >= 4 is 27.6 Å². The Balaban J connectivity index is 1.24. The molecule has 0 fully saturated rings. The van der Waals surface area contributed by atoms with Crippen LogP contribution in [0, 0.1) is 0 Å². The second-order valence-corrected chi connectivity index (χ2v) is 12.7. The molecule has 45 heavy (non-hydrogen) atoms. The minimum absolute atomic E-state index is 0.00950. The van der Waals surface area contributed by atoms with Gasteiger partial charge in [0.25, 0.3) is 15.9 Å². The zero-order chi connectivity index (χ0) is 31.4. The number of hydrogen-bond donors (Lipinski definition) is 2. The van der Waals surface area contributed by atoms with Crippen LogP contribution in [0.25, 0.3) is 11.1 Å². The number of hydrogen-bond acceptors (Lipinski definition) is 4. The Morgan fingerprint density at radius 1 is 0.733 bits per heavy atom. The Bertz CT molecular complexity index is 1960. The average molecular weight is 616 g/mol. The molecule has 1 unspecified atom stereocenters. The molecule has 0 aliphatic carbocycles.